The highest BCUT2D eigenvalue weighted by Gasteiger charge is 2.38. The summed E-state index contributed by atoms with van der Waals surface area (Å²) in [4.78, 5) is 13.5. The van der Waals surface area contributed by atoms with Crippen LogP contribution in [-0.4, -0.2) is 67.5 Å². The number of ether oxygens (including phenoxy) is 1. The SMILES string of the molecule is CC(=O)N(C)C[C@@H]1Oc2cc(C#CCC3CCCC3)ccc2S(=O)(=O)N([C@@H](C)CO)C[C@H]1C. The van der Waals surface area contributed by atoms with Crippen molar-refractivity contribution < 1.29 is 23.1 Å². The van der Waals surface area contributed by atoms with Gasteiger partial charge >= 0.3 is 0 Å². The van der Waals surface area contributed by atoms with E-state index in [0.717, 1.165) is 6.42 Å². The Bertz CT molecular complexity index is 1010. The van der Waals surface area contributed by atoms with Gasteiger partial charge in [-0.15, -0.1) is 0 Å². The van der Waals surface area contributed by atoms with Crippen LogP contribution in [0.1, 0.15) is 58.4 Å². The Morgan fingerprint density at radius 3 is 2.67 bits per heavy atom. The topological polar surface area (TPSA) is 87.2 Å². The second-order valence-corrected chi connectivity index (χ2v) is 11.3. The number of likely N-dealkylation sites (N-methyl/N-ethyl adjacent to an activating group) is 1. The Morgan fingerprint density at radius 2 is 2.03 bits per heavy atom. The number of hydrogen-bond acceptors (Lipinski definition) is 5. The highest BCUT2D eigenvalue weighted by molar-refractivity contribution is 7.89. The van der Waals surface area contributed by atoms with Gasteiger partial charge in [-0.2, -0.15) is 4.31 Å². The molecule has 0 unspecified atom stereocenters. The van der Waals surface area contributed by atoms with Crippen molar-refractivity contribution in [2.24, 2.45) is 11.8 Å². The molecular weight excluding hydrogens is 440 g/mol. The minimum absolute atomic E-state index is 0.0616. The van der Waals surface area contributed by atoms with E-state index in [9.17, 15) is 18.3 Å². The van der Waals surface area contributed by atoms with E-state index in [0.29, 0.717) is 18.0 Å². The van der Waals surface area contributed by atoms with Crippen LogP contribution in [0, 0.1) is 23.7 Å². The largest absolute Gasteiger partial charge is 0.487 e. The molecule has 1 aromatic carbocycles. The third-order valence-corrected chi connectivity index (χ3v) is 8.78. The number of fused-ring (bicyclic) bond motifs is 1. The lowest BCUT2D eigenvalue weighted by Gasteiger charge is -2.37. The van der Waals surface area contributed by atoms with E-state index in [1.165, 1.54) is 36.9 Å². The van der Waals surface area contributed by atoms with E-state index < -0.39 is 22.2 Å². The highest BCUT2D eigenvalue weighted by atomic mass is 32.2. The second kappa shape index (κ2) is 10.9. The van der Waals surface area contributed by atoms with Gasteiger partial charge in [-0.25, -0.2) is 8.42 Å². The first-order valence-corrected chi connectivity index (χ1v) is 13.2. The van der Waals surface area contributed by atoms with Gasteiger partial charge in [-0.3, -0.25) is 4.79 Å². The molecule has 1 saturated carbocycles. The third-order valence-electron chi connectivity index (χ3n) is 6.76. The Labute approximate surface area is 198 Å². The summed E-state index contributed by atoms with van der Waals surface area (Å²) in [7, 11) is -2.18. The number of benzene rings is 1. The predicted molar refractivity (Wildman–Crippen MR) is 127 cm³/mol. The van der Waals surface area contributed by atoms with E-state index in [1.807, 2.05) is 6.92 Å². The molecule has 1 aliphatic carbocycles. The zero-order chi connectivity index (χ0) is 24.2. The number of aliphatic hydroxyl groups excluding tert-OH is 1. The number of carbonyl (C=O) groups excluding carboxylic acids is 1. The summed E-state index contributed by atoms with van der Waals surface area (Å²) >= 11 is 0. The number of aliphatic hydroxyl groups is 1. The predicted octanol–water partition coefficient (Wildman–Crippen LogP) is 2.87. The molecule has 1 aromatic rings. The number of rotatable bonds is 5. The van der Waals surface area contributed by atoms with Crippen molar-refractivity contribution in [2.75, 3.05) is 26.7 Å². The van der Waals surface area contributed by atoms with Gasteiger partial charge in [-0.1, -0.05) is 31.6 Å². The maximum absolute atomic E-state index is 13.5. The molecule has 8 heteroatoms. The van der Waals surface area contributed by atoms with Crippen molar-refractivity contribution in [1.29, 1.82) is 0 Å². The van der Waals surface area contributed by atoms with Crippen LogP contribution in [-0.2, 0) is 14.8 Å². The van der Waals surface area contributed by atoms with E-state index >= 15 is 0 Å². The maximum atomic E-state index is 13.5. The molecular formula is C25H36N2O5S. The fourth-order valence-corrected chi connectivity index (χ4v) is 6.26. The molecule has 2 aliphatic rings. The molecule has 0 saturated heterocycles. The van der Waals surface area contributed by atoms with Crippen molar-refractivity contribution in [3.05, 3.63) is 23.8 Å². The summed E-state index contributed by atoms with van der Waals surface area (Å²) in [5, 5.41) is 9.72. The van der Waals surface area contributed by atoms with Gasteiger partial charge in [0.05, 0.1) is 13.2 Å². The molecule has 1 N–H and O–H groups in total. The van der Waals surface area contributed by atoms with Crippen molar-refractivity contribution in [3.63, 3.8) is 0 Å². The van der Waals surface area contributed by atoms with Crippen LogP contribution < -0.4 is 4.74 Å². The zero-order valence-corrected chi connectivity index (χ0v) is 20.9. The summed E-state index contributed by atoms with van der Waals surface area (Å²) in [6.45, 7) is 5.31. The Morgan fingerprint density at radius 1 is 1.33 bits per heavy atom. The summed E-state index contributed by atoms with van der Waals surface area (Å²) in [5.41, 5.74) is 0.704. The van der Waals surface area contributed by atoms with Crippen LogP contribution in [0.2, 0.25) is 0 Å². The van der Waals surface area contributed by atoms with Gasteiger partial charge < -0.3 is 14.7 Å². The molecule has 7 nitrogen and oxygen atoms in total. The fourth-order valence-electron chi connectivity index (χ4n) is 4.43. The molecule has 33 heavy (non-hydrogen) atoms. The number of nitrogens with zero attached hydrogens (tertiary/aromatic N) is 2. The molecule has 0 spiro atoms. The van der Waals surface area contributed by atoms with Crippen LogP contribution in [0.5, 0.6) is 5.75 Å². The van der Waals surface area contributed by atoms with E-state index in [4.69, 9.17) is 4.74 Å². The van der Waals surface area contributed by atoms with Crippen molar-refractivity contribution in [3.8, 4) is 17.6 Å². The average molecular weight is 477 g/mol. The van der Waals surface area contributed by atoms with E-state index in [1.54, 1.807) is 37.1 Å². The molecule has 3 rings (SSSR count). The van der Waals surface area contributed by atoms with Gasteiger partial charge in [0, 0.05) is 44.5 Å². The smallest absolute Gasteiger partial charge is 0.247 e. The number of amides is 1. The Hall–Kier alpha value is -2.08. The van der Waals surface area contributed by atoms with Crippen molar-refractivity contribution >= 4 is 15.9 Å². The Kier molecular flexibility index (Phi) is 8.43. The molecule has 1 aliphatic heterocycles. The van der Waals surface area contributed by atoms with Gasteiger partial charge in [0.25, 0.3) is 0 Å². The standard InChI is InChI=1S/C25H36N2O5S/c1-18-15-27(19(2)17-28)33(30,31)25-13-12-22(11-7-10-21-8-5-6-9-21)14-23(25)32-24(18)16-26(4)20(3)29/h12-14,18-19,21,24,28H,5-6,8-10,15-17H2,1-4H3/t18-,19+,24+/m1/s1. The van der Waals surface area contributed by atoms with Gasteiger partial charge in [-0.05, 0) is 43.9 Å². The van der Waals surface area contributed by atoms with E-state index in [2.05, 4.69) is 11.8 Å². The van der Waals surface area contributed by atoms with Crippen molar-refractivity contribution in [1.82, 2.24) is 9.21 Å². The van der Waals surface area contributed by atoms with E-state index in [-0.39, 0.29) is 35.6 Å². The molecule has 0 bridgehead atoms. The number of hydrogen-bond donors (Lipinski definition) is 1. The minimum atomic E-state index is -3.89. The molecule has 3 atom stereocenters. The summed E-state index contributed by atoms with van der Waals surface area (Å²) < 4.78 is 34.6. The zero-order valence-electron chi connectivity index (χ0n) is 20.1. The van der Waals surface area contributed by atoms with Crippen LogP contribution in [0.3, 0.4) is 0 Å². The second-order valence-electron chi connectivity index (χ2n) is 9.46. The molecule has 1 amide bonds. The van der Waals surface area contributed by atoms with Gasteiger partial charge in [0.15, 0.2) is 0 Å². The number of sulfonamides is 1. The third kappa shape index (κ3) is 6.08. The summed E-state index contributed by atoms with van der Waals surface area (Å²) in [6.07, 6.45) is 5.43. The molecule has 1 fully saturated rings. The van der Waals surface area contributed by atoms with Crippen LogP contribution in [0.4, 0.5) is 0 Å². The van der Waals surface area contributed by atoms with Crippen molar-refractivity contribution in [2.45, 2.75) is 69.9 Å². The average Bonchev–Trinajstić information content (AvgIpc) is 3.29. The lowest BCUT2D eigenvalue weighted by atomic mass is 10.0. The fraction of sp³-hybridized carbons (Fsp3) is 0.640. The monoisotopic (exact) mass is 476 g/mol. The van der Waals surface area contributed by atoms with Crippen LogP contribution >= 0.6 is 0 Å². The lowest BCUT2D eigenvalue weighted by Crippen LogP contribution is -2.50. The molecule has 0 aromatic heterocycles. The lowest BCUT2D eigenvalue weighted by molar-refractivity contribution is -0.129. The normalized spacial score (nSPS) is 23.9. The quantitative estimate of drug-likeness (QED) is 0.661. The van der Waals surface area contributed by atoms with Crippen LogP contribution in [0.15, 0.2) is 23.1 Å². The maximum Gasteiger partial charge on any atom is 0.247 e. The van der Waals surface area contributed by atoms with Gasteiger partial charge in [0.2, 0.25) is 15.9 Å². The number of carbonyl (C=O) groups is 1. The Balaban J connectivity index is 1.98. The molecule has 0 radical (unpaired) electrons. The minimum Gasteiger partial charge on any atom is -0.487 e. The molecule has 182 valence electrons. The summed E-state index contributed by atoms with van der Waals surface area (Å²) in [6, 6.07) is 4.36. The highest BCUT2D eigenvalue weighted by Crippen LogP contribution is 2.34. The first-order valence-electron chi connectivity index (χ1n) is 11.8. The van der Waals surface area contributed by atoms with Gasteiger partial charge in [0.1, 0.15) is 16.7 Å². The first-order chi connectivity index (χ1) is 15.6. The van der Waals surface area contributed by atoms with Crippen LogP contribution in [0.25, 0.3) is 0 Å². The first kappa shape index (κ1) is 25.5. The molecule has 1 heterocycles. The summed E-state index contributed by atoms with van der Waals surface area (Å²) in [5.74, 6) is 7.02.